The predicted molar refractivity (Wildman–Crippen MR) is 89.3 cm³/mol. The van der Waals surface area contributed by atoms with E-state index in [-0.39, 0.29) is 5.25 Å². The fourth-order valence-corrected chi connectivity index (χ4v) is 3.84. The zero-order valence-electron chi connectivity index (χ0n) is 13.4. The SMILES string of the molecule is CC(Sc1nnnn1C1CCCC1)c1nc(-c2ccccc2)no1. The Labute approximate surface area is 143 Å². The fraction of sp³-hybridized carbons (Fsp3) is 0.438. The molecule has 7 nitrogen and oxygen atoms in total. The molecule has 1 aliphatic rings. The van der Waals surface area contributed by atoms with Crippen LogP contribution >= 0.6 is 11.8 Å². The molecule has 124 valence electrons. The van der Waals surface area contributed by atoms with Crippen molar-refractivity contribution in [2.45, 2.75) is 49.1 Å². The molecule has 1 unspecified atom stereocenters. The zero-order chi connectivity index (χ0) is 16.4. The third-order valence-corrected chi connectivity index (χ3v) is 5.27. The van der Waals surface area contributed by atoms with Gasteiger partial charge in [0.1, 0.15) is 0 Å². The van der Waals surface area contributed by atoms with Gasteiger partial charge in [0.2, 0.25) is 16.9 Å². The van der Waals surface area contributed by atoms with Gasteiger partial charge in [-0.3, -0.25) is 0 Å². The summed E-state index contributed by atoms with van der Waals surface area (Å²) in [5.41, 5.74) is 0.945. The lowest BCUT2D eigenvalue weighted by Gasteiger charge is -2.12. The van der Waals surface area contributed by atoms with Gasteiger partial charge < -0.3 is 4.52 Å². The molecule has 1 aromatic carbocycles. The number of tetrazole rings is 1. The molecule has 1 aliphatic carbocycles. The van der Waals surface area contributed by atoms with E-state index in [9.17, 15) is 0 Å². The standard InChI is InChI=1S/C16H18N6OS/c1-11(15-17-14(19-23-15)12-7-3-2-4-8-12)24-16-18-20-21-22(16)13-9-5-6-10-13/h2-4,7-8,11,13H,5-6,9-10H2,1H3. The summed E-state index contributed by atoms with van der Waals surface area (Å²) in [7, 11) is 0. The molecule has 0 amide bonds. The van der Waals surface area contributed by atoms with E-state index >= 15 is 0 Å². The zero-order valence-corrected chi connectivity index (χ0v) is 14.2. The molecule has 8 heteroatoms. The maximum atomic E-state index is 5.44. The minimum atomic E-state index is -0.0129. The topological polar surface area (TPSA) is 82.5 Å². The Balaban J connectivity index is 1.50. The molecule has 0 N–H and O–H groups in total. The van der Waals surface area contributed by atoms with Crippen molar-refractivity contribution in [1.82, 2.24) is 30.3 Å². The van der Waals surface area contributed by atoms with Gasteiger partial charge in [-0.1, -0.05) is 60.1 Å². The second-order valence-electron chi connectivity index (χ2n) is 5.93. The molecular weight excluding hydrogens is 324 g/mol. The first-order valence-corrected chi connectivity index (χ1v) is 9.03. The summed E-state index contributed by atoms with van der Waals surface area (Å²) in [6, 6.07) is 10.2. The first-order chi connectivity index (χ1) is 11.8. The molecule has 1 saturated carbocycles. The van der Waals surface area contributed by atoms with Crippen LogP contribution in [0, 0.1) is 0 Å². The highest BCUT2D eigenvalue weighted by Crippen LogP contribution is 2.37. The van der Waals surface area contributed by atoms with Crippen LogP contribution in [0.2, 0.25) is 0 Å². The Bertz CT molecular complexity index is 796. The first kappa shape index (κ1) is 15.3. The first-order valence-electron chi connectivity index (χ1n) is 8.15. The quantitative estimate of drug-likeness (QED) is 0.654. The number of thioether (sulfide) groups is 1. The number of hydrogen-bond acceptors (Lipinski definition) is 7. The van der Waals surface area contributed by atoms with E-state index in [1.54, 1.807) is 11.8 Å². The van der Waals surface area contributed by atoms with Crippen LogP contribution in [0.5, 0.6) is 0 Å². The van der Waals surface area contributed by atoms with Crippen LogP contribution < -0.4 is 0 Å². The normalized spacial score (nSPS) is 16.5. The van der Waals surface area contributed by atoms with Crippen LogP contribution in [-0.2, 0) is 0 Å². The molecule has 1 atom stereocenters. The molecule has 1 fully saturated rings. The Morgan fingerprint density at radius 3 is 2.79 bits per heavy atom. The number of nitrogens with zero attached hydrogens (tertiary/aromatic N) is 6. The van der Waals surface area contributed by atoms with E-state index in [4.69, 9.17) is 4.52 Å². The predicted octanol–water partition coefficient (Wildman–Crippen LogP) is 3.69. The number of rotatable bonds is 5. The van der Waals surface area contributed by atoms with Crippen molar-refractivity contribution >= 4 is 11.8 Å². The molecular formula is C16H18N6OS. The Morgan fingerprint density at radius 2 is 2.00 bits per heavy atom. The number of hydrogen-bond donors (Lipinski definition) is 0. The van der Waals surface area contributed by atoms with Gasteiger partial charge in [0.15, 0.2) is 0 Å². The van der Waals surface area contributed by atoms with Crippen molar-refractivity contribution in [2.75, 3.05) is 0 Å². The Hall–Kier alpha value is -2.22. The summed E-state index contributed by atoms with van der Waals surface area (Å²) in [6.45, 7) is 2.03. The van der Waals surface area contributed by atoms with Crippen molar-refractivity contribution in [2.24, 2.45) is 0 Å². The molecule has 0 aliphatic heterocycles. The maximum Gasteiger partial charge on any atom is 0.240 e. The van der Waals surface area contributed by atoms with Crippen LogP contribution in [-0.4, -0.2) is 30.3 Å². The smallest absolute Gasteiger partial charge is 0.240 e. The lowest BCUT2D eigenvalue weighted by Crippen LogP contribution is -2.08. The number of benzene rings is 1. The number of aromatic nitrogens is 6. The van der Waals surface area contributed by atoms with E-state index < -0.39 is 0 Å². The van der Waals surface area contributed by atoms with Crippen molar-refractivity contribution in [3.8, 4) is 11.4 Å². The molecule has 2 heterocycles. The van der Waals surface area contributed by atoms with Crippen molar-refractivity contribution in [3.05, 3.63) is 36.2 Å². The summed E-state index contributed by atoms with van der Waals surface area (Å²) in [4.78, 5) is 4.51. The van der Waals surface area contributed by atoms with Crippen LogP contribution in [0.4, 0.5) is 0 Å². The third-order valence-electron chi connectivity index (χ3n) is 4.24. The van der Waals surface area contributed by atoms with Gasteiger partial charge in [-0.2, -0.15) is 4.98 Å². The van der Waals surface area contributed by atoms with Gasteiger partial charge in [0, 0.05) is 5.56 Å². The van der Waals surface area contributed by atoms with Gasteiger partial charge >= 0.3 is 0 Å². The summed E-state index contributed by atoms with van der Waals surface area (Å²) >= 11 is 1.56. The van der Waals surface area contributed by atoms with Crippen LogP contribution in [0.15, 0.2) is 40.0 Å². The summed E-state index contributed by atoms with van der Waals surface area (Å²) < 4.78 is 7.38. The second kappa shape index (κ2) is 6.72. The van der Waals surface area contributed by atoms with E-state index in [1.807, 2.05) is 41.9 Å². The molecule has 0 spiro atoms. The summed E-state index contributed by atoms with van der Waals surface area (Å²) in [5.74, 6) is 1.19. The summed E-state index contributed by atoms with van der Waals surface area (Å²) in [6.07, 6.45) is 4.78. The Kier molecular flexibility index (Phi) is 4.29. The van der Waals surface area contributed by atoms with Crippen molar-refractivity contribution in [3.63, 3.8) is 0 Å². The second-order valence-corrected chi connectivity index (χ2v) is 7.23. The van der Waals surface area contributed by atoms with Crippen molar-refractivity contribution in [1.29, 1.82) is 0 Å². The third kappa shape index (κ3) is 3.06. The van der Waals surface area contributed by atoms with E-state index in [1.165, 1.54) is 12.8 Å². The van der Waals surface area contributed by atoms with Gasteiger partial charge in [0.05, 0.1) is 11.3 Å². The van der Waals surface area contributed by atoms with Gasteiger partial charge in [-0.25, -0.2) is 4.68 Å². The highest BCUT2D eigenvalue weighted by Gasteiger charge is 2.25. The fourth-order valence-electron chi connectivity index (χ4n) is 2.95. The monoisotopic (exact) mass is 342 g/mol. The molecule has 24 heavy (non-hydrogen) atoms. The largest absolute Gasteiger partial charge is 0.338 e. The molecule has 0 saturated heterocycles. The molecule has 2 aromatic heterocycles. The summed E-state index contributed by atoms with van der Waals surface area (Å²) in [5, 5.41) is 17.1. The van der Waals surface area contributed by atoms with Crippen LogP contribution in [0.1, 0.15) is 49.8 Å². The Morgan fingerprint density at radius 1 is 1.21 bits per heavy atom. The highest BCUT2D eigenvalue weighted by molar-refractivity contribution is 7.99. The molecule has 0 radical (unpaired) electrons. The van der Waals surface area contributed by atoms with E-state index in [2.05, 4.69) is 25.7 Å². The average Bonchev–Trinajstić information content (AvgIpc) is 3.36. The minimum absolute atomic E-state index is 0.0129. The highest BCUT2D eigenvalue weighted by atomic mass is 32.2. The van der Waals surface area contributed by atoms with Crippen LogP contribution in [0.3, 0.4) is 0 Å². The van der Waals surface area contributed by atoms with E-state index in [0.29, 0.717) is 17.8 Å². The molecule has 0 bridgehead atoms. The molecule has 3 aromatic rings. The van der Waals surface area contributed by atoms with Gasteiger partial charge in [-0.15, -0.1) is 5.10 Å². The van der Waals surface area contributed by atoms with E-state index in [0.717, 1.165) is 23.6 Å². The maximum absolute atomic E-state index is 5.44. The van der Waals surface area contributed by atoms with Crippen LogP contribution in [0.25, 0.3) is 11.4 Å². The van der Waals surface area contributed by atoms with Crippen molar-refractivity contribution < 1.29 is 4.52 Å². The lowest BCUT2D eigenvalue weighted by molar-refractivity contribution is 0.380. The average molecular weight is 342 g/mol. The molecule has 4 rings (SSSR count). The van der Waals surface area contributed by atoms with Gasteiger partial charge in [-0.05, 0) is 30.2 Å². The van der Waals surface area contributed by atoms with Gasteiger partial charge in [0.25, 0.3) is 0 Å². The minimum Gasteiger partial charge on any atom is -0.338 e. The lowest BCUT2D eigenvalue weighted by atomic mass is 10.2.